The van der Waals surface area contributed by atoms with Crippen molar-refractivity contribution in [2.75, 3.05) is 0 Å². The highest BCUT2D eigenvalue weighted by atomic mass is 79.9. The molecule has 0 heterocycles. The lowest BCUT2D eigenvalue weighted by Gasteiger charge is -2.18. The number of fused-ring (bicyclic) bond motifs is 1. The lowest BCUT2D eigenvalue weighted by molar-refractivity contribution is 0.0938. The molecule has 108 valence electrons. The number of nitrogens with one attached hydrogen (secondary N) is 1. The standard InChI is InChI=1S/C16H12Br2ClNO/c17-12-7-3-6-11(14(12)19)16(21)20-15-10-5-2-1-4-9(10)8-13(15)18/h1-7,13,15H,8H2,(H,20,21). The third-order valence-corrected chi connectivity index (χ3v) is 5.80. The van der Waals surface area contributed by atoms with Gasteiger partial charge in [0.1, 0.15) is 0 Å². The number of alkyl halides is 1. The first-order valence-electron chi connectivity index (χ1n) is 6.54. The predicted molar refractivity (Wildman–Crippen MR) is 92.2 cm³/mol. The molecule has 2 aromatic carbocycles. The molecule has 0 saturated heterocycles. The lowest BCUT2D eigenvalue weighted by atomic mass is 10.1. The fraction of sp³-hybridized carbons (Fsp3) is 0.188. The van der Waals surface area contributed by atoms with Gasteiger partial charge in [0.05, 0.1) is 16.6 Å². The van der Waals surface area contributed by atoms with Crippen LogP contribution >= 0.6 is 43.5 Å². The molecule has 0 fully saturated rings. The lowest BCUT2D eigenvalue weighted by Crippen LogP contribution is -2.31. The fourth-order valence-electron chi connectivity index (χ4n) is 2.61. The minimum atomic E-state index is -0.160. The molecule has 0 aromatic heterocycles. The number of hydrogen-bond acceptors (Lipinski definition) is 1. The molecule has 2 unspecified atom stereocenters. The molecule has 5 heteroatoms. The molecule has 2 aromatic rings. The summed E-state index contributed by atoms with van der Waals surface area (Å²) in [5.74, 6) is -0.160. The molecule has 0 saturated carbocycles. The van der Waals surface area contributed by atoms with Gasteiger partial charge in [-0.25, -0.2) is 0 Å². The molecule has 3 rings (SSSR count). The van der Waals surface area contributed by atoms with Crippen LogP contribution in [0.15, 0.2) is 46.9 Å². The van der Waals surface area contributed by atoms with E-state index in [0.29, 0.717) is 10.6 Å². The van der Waals surface area contributed by atoms with Crippen LogP contribution in [0.5, 0.6) is 0 Å². The number of rotatable bonds is 2. The second-order valence-corrected chi connectivity index (χ2v) is 7.38. The van der Waals surface area contributed by atoms with E-state index in [2.05, 4.69) is 49.3 Å². The highest BCUT2D eigenvalue weighted by molar-refractivity contribution is 9.10. The van der Waals surface area contributed by atoms with Crippen LogP contribution in [0.2, 0.25) is 5.02 Å². The molecular formula is C16H12Br2ClNO. The Balaban J connectivity index is 1.87. The average molecular weight is 430 g/mol. The van der Waals surface area contributed by atoms with Crippen LogP contribution in [0.4, 0.5) is 0 Å². The van der Waals surface area contributed by atoms with Gasteiger partial charge in [0.2, 0.25) is 0 Å². The zero-order valence-electron chi connectivity index (χ0n) is 10.9. The maximum absolute atomic E-state index is 12.5. The monoisotopic (exact) mass is 427 g/mol. The van der Waals surface area contributed by atoms with Crippen LogP contribution in [0, 0.1) is 0 Å². The normalized spacial score (nSPS) is 20.1. The summed E-state index contributed by atoms with van der Waals surface area (Å²) in [4.78, 5) is 12.7. The van der Waals surface area contributed by atoms with Gasteiger partial charge in [-0.15, -0.1) is 0 Å². The number of hydrogen-bond donors (Lipinski definition) is 1. The van der Waals surface area contributed by atoms with Crippen LogP contribution in [-0.2, 0) is 6.42 Å². The van der Waals surface area contributed by atoms with Crippen molar-refractivity contribution in [3.8, 4) is 0 Å². The first-order valence-corrected chi connectivity index (χ1v) is 8.63. The van der Waals surface area contributed by atoms with E-state index < -0.39 is 0 Å². The zero-order valence-corrected chi connectivity index (χ0v) is 14.9. The number of carbonyl (C=O) groups excluding carboxylic acids is 1. The van der Waals surface area contributed by atoms with Gasteiger partial charge in [0.25, 0.3) is 5.91 Å². The van der Waals surface area contributed by atoms with Crippen LogP contribution < -0.4 is 5.32 Å². The molecule has 0 spiro atoms. The quantitative estimate of drug-likeness (QED) is 0.677. The molecular weight excluding hydrogens is 417 g/mol. The van der Waals surface area contributed by atoms with Crippen molar-refractivity contribution in [3.63, 3.8) is 0 Å². The first kappa shape index (κ1) is 15.1. The molecule has 1 aliphatic carbocycles. The number of amides is 1. The number of halogens is 3. The van der Waals surface area contributed by atoms with Crippen molar-refractivity contribution in [3.05, 3.63) is 68.7 Å². The smallest absolute Gasteiger partial charge is 0.253 e. The van der Waals surface area contributed by atoms with Gasteiger partial charge in [-0.1, -0.05) is 57.9 Å². The average Bonchev–Trinajstić information content (AvgIpc) is 2.78. The molecule has 21 heavy (non-hydrogen) atoms. The summed E-state index contributed by atoms with van der Waals surface area (Å²) in [7, 11) is 0. The third kappa shape index (κ3) is 2.89. The highest BCUT2D eigenvalue weighted by Gasteiger charge is 2.32. The Hall–Kier alpha value is -0.840. The Morgan fingerprint density at radius 2 is 1.95 bits per heavy atom. The highest BCUT2D eigenvalue weighted by Crippen LogP contribution is 2.36. The van der Waals surface area contributed by atoms with E-state index in [9.17, 15) is 4.79 Å². The van der Waals surface area contributed by atoms with Crippen molar-refractivity contribution >= 4 is 49.4 Å². The molecule has 1 N–H and O–H groups in total. The van der Waals surface area contributed by atoms with Crippen LogP contribution in [0.1, 0.15) is 27.5 Å². The summed E-state index contributed by atoms with van der Waals surface area (Å²) in [6.45, 7) is 0. The van der Waals surface area contributed by atoms with Crippen LogP contribution in [0.25, 0.3) is 0 Å². The molecule has 0 bridgehead atoms. The van der Waals surface area contributed by atoms with Crippen molar-refractivity contribution in [2.45, 2.75) is 17.3 Å². The van der Waals surface area contributed by atoms with E-state index in [-0.39, 0.29) is 16.8 Å². The van der Waals surface area contributed by atoms with E-state index in [0.717, 1.165) is 10.9 Å². The summed E-state index contributed by atoms with van der Waals surface area (Å²) in [5, 5.41) is 3.52. The predicted octanol–water partition coefficient (Wildman–Crippen LogP) is 4.89. The Morgan fingerprint density at radius 3 is 2.76 bits per heavy atom. The largest absolute Gasteiger partial charge is 0.344 e. The molecule has 0 radical (unpaired) electrons. The number of benzene rings is 2. The van der Waals surface area contributed by atoms with Gasteiger partial charge >= 0.3 is 0 Å². The molecule has 2 nitrogen and oxygen atoms in total. The van der Waals surface area contributed by atoms with Crippen molar-refractivity contribution in [1.82, 2.24) is 5.32 Å². The summed E-state index contributed by atoms with van der Waals surface area (Å²) in [5.41, 5.74) is 2.92. The van der Waals surface area contributed by atoms with Crippen LogP contribution in [0.3, 0.4) is 0 Å². The third-order valence-electron chi connectivity index (χ3n) is 3.65. The Bertz CT molecular complexity index is 704. The minimum Gasteiger partial charge on any atom is -0.344 e. The second kappa shape index (κ2) is 6.11. The zero-order chi connectivity index (χ0) is 15.0. The summed E-state index contributed by atoms with van der Waals surface area (Å²) >= 11 is 13.2. The van der Waals surface area contributed by atoms with Crippen molar-refractivity contribution in [1.29, 1.82) is 0 Å². The van der Waals surface area contributed by atoms with Crippen molar-refractivity contribution < 1.29 is 4.79 Å². The molecule has 2 atom stereocenters. The van der Waals surface area contributed by atoms with Gasteiger partial charge in [0.15, 0.2) is 0 Å². The second-order valence-electron chi connectivity index (χ2n) is 4.97. The summed E-state index contributed by atoms with van der Waals surface area (Å²) in [6, 6.07) is 13.5. The Morgan fingerprint density at radius 1 is 1.19 bits per heavy atom. The van der Waals surface area contributed by atoms with E-state index in [1.165, 1.54) is 11.1 Å². The van der Waals surface area contributed by atoms with Gasteiger partial charge in [-0.05, 0) is 45.6 Å². The fourth-order valence-corrected chi connectivity index (χ4v) is 3.96. The minimum absolute atomic E-state index is 0.0382. The molecule has 0 aliphatic heterocycles. The summed E-state index contributed by atoms with van der Waals surface area (Å²) < 4.78 is 0.721. The Kier molecular flexibility index (Phi) is 4.38. The maximum Gasteiger partial charge on any atom is 0.253 e. The number of carbonyl (C=O) groups is 1. The van der Waals surface area contributed by atoms with E-state index in [1.54, 1.807) is 12.1 Å². The molecule has 1 aliphatic rings. The van der Waals surface area contributed by atoms with E-state index in [1.807, 2.05) is 18.2 Å². The van der Waals surface area contributed by atoms with Gasteiger partial charge in [0, 0.05) is 9.30 Å². The maximum atomic E-state index is 12.5. The van der Waals surface area contributed by atoms with E-state index in [4.69, 9.17) is 11.6 Å². The van der Waals surface area contributed by atoms with Gasteiger partial charge in [-0.3, -0.25) is 4.79 Å². The topological polar surface area (TPSA) is 29.1 Å². The van der Waals surface area contributed by atoms with Crippen LogP contribution in [-0.4, -0.2) is 10.7 Å². The van der Waals surface area contributed by atoms with Gasteiger partial charge < -0.3 is 5.32 Å². The van der Waals surface area contributed by atoms with Crippen molar-refractivity contribution in [2.24, 2.45) is 0 Å². The Labute approximate surface area is 145 Å². The first-order chi connectivity index (χ1) is 10.1. The van der Waals surface area contributed by atoms with E-state index >= 15 is 0 Å². The van der Waals surface area contributed by atoms with Gasteiger partial charge in [-0.2, -0.15) is 0 Å². The molecule has 1 amide bonds. The summed E-state index contributed by atoms with van der Waals surface area (Å²) in [6.07, 6.45) is 0.910. The SMILES string of the molecule is O=C(NC1c2ccccc2CC1Br)c1cccc(Br)c1Cl.